The minimum absolute atomic E-state index is 0.168. The molecule has 0 bridgehead atoms. The van der Waals surface area contributed by atoms with Crippen molar-refractivity contribution >= 4 is 11.9 Å². The maximum Gasteiger partial charge on any atom is 0.312 e. The van der Waals surface area contributed by atoms with E-state index < -0.39 is 11.9 Å². The minimum Gasteiger partial charge on any atom is -0.481 e. The number of carboxylic acid groups (broad SMARTS) is 1. The number of aliphatic carboxylic acids is 1. The van der Waals surface area contributed by atoms with Gasteiger partial charge in [-0.1, -0.05) is 24.3 Å². The second kappa shape index (κ2) is 5.05. The number of aryl methyl sites for hydroxylation is 1. The lowest BCUT2D eigenvalue weighted by Crippen LogP contribution is -2.40. The van der Waals surface area contributed by atoms with Crippen molar-refractivity contribution in [3.63, 3.8) is 0 Å². The van der Waals surface area contributed by atoms with Crippen LogP contribution in [0.25, 0.3) is 0 Å². The van der Waals surface area contributed by atoms with Gasteiger partial charge in [-0.25, -0.2) is 4.98 Å². The summed E-state index contributed by atoms with van der Waals surface area (Å²) in [5, 5.41) is 9.40. The Kier molecular flexibility index (Phi) is 3.21. The molecule has 1 aromatic carbocycles. The summed E-state index contributed by atoms with van der Waals surface area (Å²) >= 11 is 0. The zero-order chi connectivity index (χ0) is 15.0. The van der Waals surface area contributed by atoms with Gasteiger partial charge in [0.15, 0.2) is 0 Å². The zero-order valence-electron chi connectivity index (χ0n) is 11.6. The molecule has 1 aliphatic rings. The molecule has 6 heteroatoms. The lowest BCUT2D eigenvalue weighted by Gasteiger charge is -2.32. The van der Waals surface area contributed by atoms with Gasteiger partial charge in [-0.3, -0.25) is 9.59 Å². The quantitative estimate of drug-likeness (QED) is 0.901. The molecule has 0 fully saturated rings. The number of hydrogen-bond acceptors (Lipinski definition) is 3. The predicted octanol–water partition coefficient (Wildman–Crippen LogP) is 1.24. The fraction of sp³-hybridized carbons (Fsp3) is 0.267. The summed E-state index contributed by atoms with van der Waals surface area (Å²) in [4.78, 5) is 29.5. The molecule has 0 saturated carbocycles. The molecule has 108 valence electrons. The van der Waals surface area contributed by atoms with Crippen LogP contribution in [0.2, 0.25) is 0 Å². The number of carbonyl (C=O) groups excluding carboxylic acids is 1. The van der Waals surface area contributed by atoms with E-state index in [2.05, 4.69) is 4.98 Å². The Morgan fingerprint density at radius 1 is 1.33 bits per heavy atom. The van der Waals surface area contributed by atoms with Gasteiger partial charge in [-0.15, -0.1) is 0 Å². The van der Waals surface area contributed by atoms with E-state index in [0.717, 1.165) is 11.1 Å². The largest absolute Gasteiger partial charge is 0.481 e. The maximum absolute atomic E-state index is 12.4. The predicted molar refractivity (Wildman–Crippen MR) is 74.8 cm³/mol. The highest BCUT2D eigenvalue weighted by molar-refractivity contribution is 5.93. The maximum atomic E-state index is 12.4. The van der Waals surface area contributed by atoms with Crippen LogP contribution in [0.1, 0.15) is 27.5 Å². The first kappa shape index (κ1) is 13.4. The van der Waals surface area contributed by atoms with Crippen LogP contribution >= 0.6 is 0 Å². The topological polar surface area (TPSA) is 75.4 Å². The van der Waals surface area contributed by atoms with Crippen molar-refractivity contribution < 1.29 is 14.7 Å². The number of benzene rings is 1. The molecule has 1 atom stereocenters. The van der Waals surface area contributed by atoms with Crippen molar-refractivity contribution in [3.8, 4) is 0 Å². The molecule has 1 aromatic heterocycles. The van der Waals surface area contributed by atoms with Crippen molar-refractivity contribution in [2.75, 3.05) is 6.54 Å². The molecule has 2 aromatic rings. The highest BCUT2D eigenvalue weighted by atomic mass is 16.4. The molecule has 0 aliphatic carbocycles. The lowest BCUT2D eigenvalue weighted by molar-refractivity contribution is -0.139. The van der Waals surface area contributed by atoms with Crippen molar-refractivity contribution in [3.05, 3.63) is 53.6 Å². The Labute approximate surface area is 121 Å². The number of nitrogens with zero attached hydrogens (tertiary/aromatic N) is 3. The van der Waals surface area contributed by atoms with Crippen LogP contribution in [-0.4, -0.2) is 38.0 Å². The van der Waals surface area contributed by atoms with Crippen molar-refractivity contribution in [2.24, 2.45) is 7.05 Å². The summed E-state index contributed by atoms with van der Waals surface area (Å²) in [6.07, 6.45) is 3.19. The number of hydrogen-bond donors (Lipinski definition) is 1. The average Bonchev–Trinajstić information content (AvgIpc) is 2.91. The lowest BCUT2D eigenvalue weighted by atomic mass is 9.89. The molecule has 0 spiro atoms. The van der Waals surface area contributed by atoms with Crippen LogP contribution < -0.4 is 0 Å². The monoisotopic (exact) mass is 285 g/mol. The molecule has 0 radical (unpaired) electrons. The molecule has 2 heterocycles. The number of rotatable bonds is 2. The smallest absolute Gasteiger partial charge is 0.312 e. The zero-order valence-corrected chi connectivity index (χ0v) is 11.6. The first-order chi connectivity index (χ1) is 10.1. The highest BCUT2D eigenvalue weighted by Crippen LogP contribution is 2.29. The summed E-state index contributed by atoms with van der Waals surface area (Å²) in [6.45, 7) is 0.580. The van der Waals surface area contributed by atoms with Gasteiger partial charge in [0.2, 0.25) is 0 Å². The molecular weight excluding hydrogens is 270 g/mol. The minimum atomic E-state index is -0.916. The second-order valence-corrected chi connectivity index (χ2v) is 5.20. The standard InChI is InChI=1S/C15H15N3O3/c1-17-8-13(16-9-17)14(19)18-6-10-4-2-3-5-11(10)12(7-18)15(20)21/h2-5,8-9,12H,6-7H2,1H3,(H,20,21). The molecule has 1 N–H and O–H groups in total. The van der Waals surface area contributed by atoms with Gasteiger partial charge in [0, 0.05) is 26.3 Å². The van der Waals surface area contributed by atoms with E-state index in [-0.39, 0.29) is 12.5 Å². The van der Waals surface area contributed by atoms with E-state index in [1.165, 1.54) is 0 Å². The molecule has 1 amide bonds. The third-order valence-electron chi connectivity index (χ3n) is 3.70. The Balaban J connectivity index is 1.93. The van der Waals surface area contributed by atoms with Crippen LogP contribution in [0.4, 0.5) is 0 Å². The van der Waals surface area contributed by atoms with Crippen molar-refractivity contribution in [2.45, 2.75) is 12.5 Å². The van der Waals surface area contributed by atoms with Crippen LogP contribution in [0.3, 0.4) is 0 Å². The van der Waals surface area contributed by atoms with Gasteiger partial charge in [-0.2, -0.15) is 0 Å². The average molecular weight is 285 g/mol. The number of imidazole rings is 1. The van der Waals surface area contributed by atoms with E-state index in [1.807, 2.05) is 24.3 Å². The summed E-state index contributed by atoms with van der Waals surface area (Å²) in [5.74, 6) is -1.85. The van der Waals surface area contributed by atoms with Crippen LogP contribution in [0.15, 0.2) is 36.8 Å². The van der Waals surface area contributed by atoms with Gasteiger partial charge in [0.1, 0.15) is 5.69 Å². The number of carboxylic acids is 1. The van der Waals surface area contributed by atoms with Crippen LogP contribution in [0.5, 0.6) is 0 Å². The Morgan fingerprint density at radius 3 is 2.76 bits per heavy atom. The number of fused-ring (bicyclic) bond motifs is 1. The molecule has 1 aliphatic heterocycles. The van der Waals surface area contributed by atoms with Crippen molar-refractivity contribution in [1.82, 2.24) is 14.5 Å². The van der Waals surface area contributed by atoms with Crippen molar-refractivity contribution in [1.29, 1.82) is 0 Å². The number of carbonyl (C=O) groups is 2. The molecule has 0 saturated heterocycles. The first-order valence-electron chi connectivity index (χ1n) is 6.64. The fourth-order valence-electron chi connectivity index (χ4n) is 2.66. The second-order valence-electron chi connectivity index (χ2n) is 5.20. The van der Waals surface area contributed by atoms with E-state index in [0.29, 0.717) is 12.2 Å². The van der Waals surface area contributed by atoms with Gasteiger partial charge < -0.3 is 14.6 Å². The van der Waals surface area contributed by atoms with E-state index >= 15 is 0 Å². The van der Waals surface area contributed by atoms with E-state index in [1.54, 1.807) is 29.0 Å². The fourth-order valence-corrected chi connectivity index (χ4v) is 2.66. The SMILES string of the molecule is Cn1cnc(C(=O)N2Cc3ccccc3C(C(=O)O)C2)c1. The third kappa shape index (κ3) is 2.40. The first-order valence-corrected chi connectivity index (χ1v) is 6.64. The number of aromatic nitrogens is 2. The molecule has 1 unspecified atom stereocenters. The Hall–Kier alpha value is -2.63. The molecular formula is C15H15N3O3. The Morgan fingerprint density at radius 2 is 2.10 bits per heavy atom. The molecule has 3 rings (SSSR count). The van der Waals surface area contributed by atoms with Gasteiger partial charge in [-0.05, 0) is 11.1 Å². The van der Waals surface area contributed by atoms with E-state index in [4.69, 9.17) is 0 Å². The normalized spacial score (nSPS) is 17.4. The molecule has 6 nitrogen and oxygen atoms in total. The van der Waals surface area contributed by atoms with Gasteiger partial charge >= 0.3 is 5.97 Å². The third-order valence-corrected chi connectivity index (χ3v) is 3.70. The summed E-state index contributed by atoms with van der Waals surface area (Å²) in [6, 6.07) is 7.36. The summed E-state index contributed by atoms with van der Waals surface area (Å²) in [7, 11) is 1.79. The summed E-state index contributed by atoms with van der Waals surface area (Å²) < 4.78 is 1.69. The molecule has 21 heavy (non-hydrogen) atoms. The van der Waals surface area contributed by atoms with Crippen LogP contribution in [-0.2, 0) is 18.4 Å². The van der Waals surface area contributed by atoms with Gasteiger partial charge in [0.25, 0.3) is 5.91 Å². The van der Waals surface area contributed by atoms with Gasteiger partial charge in [0.05, 0.1) is 12.2 Å². The Bertz CT molecular complexity index is 708. The van der Waals surface area contributed by atoms with E-state index in [9.17, 15) is 14.7 Å². The number of amides is 1. The highest BCUT2D eigenvalue weighted by Gasteiger charge is 2.33. The summed E-state index contributed by atoms with van der Waals surface area (Å²) in [5.41, 5.74) is 2.00. The van der Waals surface area contributed by atoms with Crippen LogP contribution in [0, 0.1) is 0 Å².